The van der Waals surface area contributed by atoms with E-state index in [2.05, 4.69) is 4.99 Å². The lowest BCUT2D eigenvalue weighted by Crippen LogP contribution is -2.54. The van der Waals surface area contributed by atoms with E-state index in [1.54, 1.807) is 0 Å². The molecule has 0 saturated carbocycles. The van der Waals surface area contributed by atoms with Crippen molar-refractivity contribution in [2.75, 3.05) is 19.9 Å². The highest BCUT2D eigenvalue weighted by Crippen LogP contribution is 2.45. The number of rotatable bonds is 2. The second-order valence-corrected chi connectivity index (χ2v) is 6.69. The number of halogens is 3. The standard InChI is InChI=1S/C9H15Cl3N2O2S/c1-4-16-6-5-8(15,9(10,11)12)13-7(17-3)14(6)2/h6,15H,4-5H2,1-3H3/t6-,8+/m0/s1. The minimum absolute atomic E-state index is 0.109. The van der Waals surface area contributed by atoms with E-state index in [1.165, 1.54) is 11.8 Å². The molecule has 0 spiro atoms. The third kappa shape index (κ3) is 3.33. The largest absolute Gasteiger partial charge is 0.366 e. The topological polar surface area (TPSA) is 45.1 Å². The van der Waals surface area contributed by atoms with Crippen LogP contribution in [0, 0.1) is 0 Å². The first-order valence-corrected chi connectivity index (χ1v) is 7.38. The summed E-state index contributed by atoms with van der Waals surface area (Å²) in [5.41, 5.74) is -1.76. The SMILES string of the molecule is CCO[C@H]1C[C@@](O)(C(Cl)(Cl)Cl)N=C(SC)N1C. The van der Waals surface area contributed by atoms with Gasteiger partial charge in [0.05, 0.1) is 0 Å². The molecule has 1 N–H and O–H groups in total. The van der Waals surface area contributed by atoms with Crippen LogP contribution < -0.4 is 0 Å². The molecule has 0 aromatic heterocycles. The number of thioether (sulfide) groups is 1. The summed E-state index contributed by atoms with van der Waals surface area (Å²) in [4.78, 5) is 5.92. The third-order valence-electron chi connectivity index (χ3n) is 2.47. The van der Waals surface area contributed by atoms with Gasteiger partial charge in [-0.1, -0.05) is 46.6 Å². The Labute approximate surface area is 120 Å². The number of alkyl halides is 3. The molecule has 0 aliphatic carbocycles. The van der Waals surface area contributed by atoms with Gasteiger partial charge in [-0.2, -0.15) is 0 Å². The summed E-state index contributed by atoms with van der Waals surface area (Å²) in [7, 11) is 1.83. The van der Waals surface area contributed by atoms with Crippen molar-refractivity contribution in [3.63, 3.8) is 0 Å². The fourth-order valence-corrected chi connectivity index (χ4v) is 2.52. The van der Waals surface area contributed by atoms with Crippen molar-refractivity contribution in [3.8, 4) is 0 Å². The monoisotopic (exact) mass is 320 g/mol. The molecule has 1 aliphatic rings. The van der Waals surface area contributed by atoms with Gasteiger partial charge in [-0.15, -0.1) is 0 Å². The van der Waals surface area contributed by atoms with Crippen LogP contribution in [0.25, 0.3) is 0 Å². The lowest BCUT2D eigenvalue weighted by molar-refractivity contribution is -0.0839. The second-order valence-electron chi connectivity index (χ2n) is 3.64. The Hall–Kier alpha value is 0.610. The lowest BCUT2D eigenvalue weighted by Gasteiger charge is -2.42. The molecule has 2 atom stereocenters. The van der Waals surface area contributed by atoms with E-state index in [0.717, 1.165) is 0 Å². The van der Waals surface area contributed by atoms with Gasteiger partial charge >= 0.3 is 0 Å². The van der Waals surface area contributed by atoms with Crippen molar-refractivity contribution in [2.24, 2.45) is 4.99 Å². The number of nitrogens with zero attached hydrogens (tertiary/aromatic N) is 2. The molecule has 1 rings (SSSR count). The first-order chi connectivity index (χ1) is 7.75. The molecular formula is C9H15Cl3N2O2S. The van der Waals surface area contributed by atoms with E-state index in [-0.39, 0.29) is 12.6 Å². The summed E-state index contributed by atoms with van der Waals surface area (Å²) < 4.78 is 3.63. The molecule has 4 nitrogen and oxygen atoms in total. The summed E-state index contributed by atoms with van der Waals surface area (Å²) >= 11 is 18.7. The van der Waals surface area contributed by atoms with Gasteiger partial charge in [0, 0.05) is 20.1 Å². The molecule has 1 aliphatic heterocycles. The maximum absolute atomic E-state index is 10.3. The van der Waals surface area contributed by atoms with Crippen LogP contribution >= 0.6 is 46.6 Å². The molecule has 0 fully saturated rings. The van der Waals surface area contributed by atoms with Crippen molar-refractivity contribution in [3.05, 3.63) is 0 Å². The van der Waals surface area contributed by atoms with E-state index < -0.39 is 9.52 Å². The van der Waals surface area contributed by atoms with Crippen molar-refractivity contribution < 1.29 is 9.84 Å². The quantitative estimate of drug-likeness (QED) is 0.794. The Balaban J connectivity index is 3.06. The highest BCUT2D eigenvalue weighted by Gasteiger charge is 2.52. The fraction of sp³-hybridized carbons (Fsp3) is 0.889. The number of aliphatic hydroxyl groups is 1. The van der Waals surface area contributed by atoms with Crippen molar-refractivity contribution in [1.82, 2.24) is 4.90 Å². The summed E-state index contributed by atoms with van der Waals surface area (Å²) in [5.74, 6) is 0. The van der Waals surface area contributed by atoms with E-state index in [9.17, 15) is 5.11 Å². The predicted octanol–water partition coefficient (Wildman–Crippen LogP) is 2.46. The maximum Gasteiger partial charge on any atom is 0.239 e. The highest BCUT2D eigenvalue weighted by molar-refractivity contribution is 8.13. The number of aliphatic imine (C=N–C) groups is 1. The first-order valence-electron chi connectivity index (χ1n) is 5.02. The average Bonchev–Trinajstić information content (AvgIpc) is 2.22. The number of ether oxygens (including phenoxy) is 1. The Kier molecular flexibility index (Phi) is 5.27. The third-order valence-corrected chi connectivity index (χ3v) is 4.12. The molecule has 0 saturated heterocycles. The molecule has 0 amide bonds. The van der Waals surface area contributed by atoms with Gasteiger partial charge in [-0.25, -0.2) is 4.99 Å². The van der Waals surface area contributed by atoms with Crippen molar-refractivity contribution >= 4 is 51.7 Å². The second kappa shape index (κ2) is 5.72. The van der Waals surface area contributed by atoms with Gasteiger partial charge < -0.3 is 14.7 Å². The van der Waals surface area contributed by atoms with Crippen molar-refractivity contribution in [2.45, 2.75) is 29.1 Å². The molecule has 0 unspecified atom stereocenters. The van der Waals surface area contributed by atoms with Crippen LogP contribution in [0.3, 0.4) is 0 Å². The smallest absolute Gasteiger partial charge is 0.239 e. The average molecular weight is 322 g/mol. The summed E-state index contributed by atoms with van der Waals surface area (Å²) in [6.45, 7) is 2.37. The molecule has 100 valence electrons. The van der Waals surface area contributed by atoms with Gasteiger partial charge in [-0.05, 0) is 13.2 Å². The number of amidine groups is 1. The van der Waals surface area contributed by atoms with Crippen LogP contribution in [-0.4, -0.2) is 50.8 Å². The predicted molar refractivity (Wildman–Crippen MR) is 74.0 cm³/mol. The van der Waals surface area contributed by atoms with Crippen LogP contribution in [0.4, 0.5) is 0 Å². The van der Waals surface area contributed by atoms with Crippen LogP contribution in [-0.2, 0) is 4.74 Å². The zero-order valence-corrected chi connectivity index (χ0v) is 12.9. The van der Waals surface area contributed by atoms with E-state index in [0.29, 0.717) is 11.8 Å². The maximum atomic E-state index is 10.3. The minimum atomic E-state index is -1.88. The van der Waals surface area contributed by atoms with E-state index >= 15 is 0 Å². The number of hydrogen-bond acceptors (Lipinski definition) is 5. The minimum Gasteiger partial charge on any atom is -0.366 e. The molecule has 0 aromatic carbocycles. The van der Waals surface area contributed by atoms with E-state index in [4.69, 9.17) is 39.5 Å². The van der Waals surface area contributed by atoms with Gasteiger partial charge in [0.15, 0.2) is 5.17 Å². The van der Waals surface area contributed by atoms with Gasteiger partial charge in [0.1, 0.15) is 6.23 Å². The fourth-order valence-electron chi connectivity index (χ4n) is 1.52. The summed E-state index contributed by atoms with van der Waals surface area (Å²) in [6.07, 6.45) is 1.58. The van der Waals surface area contributed by atoms with Crippen LogP contribution in [0.5, 0.6) is 0 Å². The van der Waals surface area contributed by atoms with Gasteiger partial charge in [0.25, 0.3) is 0 Å². The zero-order valence-electron chi connectivity index (χ0n) is 9.78. The Morgan fingerprint density at radius 1 is 1.65 bits per heavy atom. The van der Waals surface area contributed by atoms with Gasteiger partial charge in [-0.3, -0.25) is 0 Å². The highest BCUT2D eigenvalue weighted by atomic mass is 35.6. The van der Waals surface area contributed by atoms with Crippen molar-refractivity contribution in [1.29, 1.82) is 0 Å². The molecule has 0 aromatic rings. The van der Waals surface area contributed by atoms with Crippen LogP contribution in [0.1, 0.15) is 13.3 Å². The molecular weight excluding hydrogens is 307 g/mol. The normalized spacial score (nSPS) is 30.4. The summed E-state index contributed by atoms with van der Waals surface area (Å²) in [6, 6.07) is 0. The lowest BCUT2D eigenvalue weighted by atomic mass is 10.1. The molecule has 17 heavy (non-hydrogen) atoms. The molecule has 1 heterocycles. The number of hydrogen-bond donors (Lipinski definition) is 1. The van der Waals surface area contributed by atoms with Crippen LogP contribution in [0.2, 0.25) is 0 Å². The summed E-state index contributed by atoms with van der Waals surface area (Å²) in [5, 5.41) is 10.9. The van der Waals surface area contributed by atoms with E-state index in [1.807, 2.05) is 25.1 Å². The van der Waals surface area contributed by atoms with Gasteiger partial charge in [0.2, 0.25) is 9.52 Å². The molecule has 0 radical (unpaired) electrons. The Morgan fingerprint density at radius 2 is 2.24 bits per heavy atom. The zero-order chi connectivity index (χ0) is 13.3. The Morgan fingerprint density at radius 3 is 2.65 bits per heavy atom. The first kappa shape index (κ1) is 15.7. The Bertz CT molecular complexity index is 311. The van der Waals surface area contributed by atoms with Crippen LogP contribution in [0.15, 0.2) is 4.99 Å². The molecule has 8 heteroatoms. The molecule has 0 bridgehead atoms.